The largest absolute Gasteiger partial charge is 0.311 e. The third kappa shape index (κ3) is 5.61. The normalized spacial score (nSPS) is 11.9. The Morgan fingerprint density at radius 3 is 1.73 bits per heavy atom. The molecule has 0 bridgehead atoms. The van der Waals surface area contributed by atoms with Crippen LogP contribution in [0.2, 0.25) is 0 Å². The monoisotopic (exact) mass is 812 g/mol. The van der Waals surface area contributed by atoms with Crippen molar-refractivity contribution in [3.05, 3.63) is 164 Å². The highest BCUT2D eigenvalue weighted by molar-refractivity contribution is 7.25. The first-order valence-corrected chi connectivity index (χ1v) is 21.8. The smallest absolute Gasteiger partial charge is 0.115 e. The van der Waals surface area contributed by atoms with Crippen LogP contribution in [-0.4, -0.2) is 64.1 Å². The van der Waals surface area contributed by atoms with Crippen LogP contribution >= 0.6 is 11.3 Å². The highest BCUT2D eigenvalue weighted by Crippen LogP contribution is 2.41. The molecule has 0 N–H and O–H groups in total. The van der Waals surface area contributed by atoms with Gasteiger partial charge in [0, 0.05) is 58.7 Å². The molecule has 0 saturated carbocycles. The minimum atomic E-state index is 0.179. The van der Waals surface area contributed by atoms with Crippen LogP contribution < -0.4 is 38.2 Å². The molecule has 0 atom stereocenters. The maximum Gasteiger partial charge on any atom is 0.115 e. The first-order chi connectivity index (χ1) is 31.2. The lowest BCUT2D eigenvalue weighted by atomic mass is 9.64. The molecule has 12 rings (SSSR count). The van der Waals surface area contributed by atoms with Gasteiger partial charge in [0.2, 0.25) is 0 Å². The van der Waals surface area contributed by atoms with Crippen LogP contribution in [0.4, 0.5) is 0 Å². The predicted molar refractivity (Wildman–Crippen MR) is 282 cm³/mol. The average Bonchev–Trinajstić information content (AvgIpc) is 4.01. The molecule has 0 fully saturated rings. The number of fused-ring (bicyclic) bond motifs is 9. The first kappa shape index (κ1) is 38.9. The van der Waals surface area contributed by atoms with Gasteiger partial charge >= 0.3 is 0 Å². The number of hydrogen-bond donors (Lipinski definition) is 0. The molecule has 14 radical (unpaired) electrons. The zero-order chi connectivity index (χ0) is 43.5. The molecule has 0 saturated heterocycles. The van der Waals surface area contributed by atoms with Gasteiger partial charge in [-0.05, 0) is 93.4 Å². The minimum Gasteiger partial charge on any atom is -0.311 e. The second kappa shape index (κ2) is 14.7. The fourth-order valence-electron chi connectivity index (χ4n) is 9.93. The second-order valence-electron chi connectivity index (χ2n) is 16.4. The highest BCUT2D eigenvalue weighted by atomic mass is 32.1. The zero-order valence-electron chi connectivity index (χ0n) is 34.4. The average molecular weight is 812 g/mol. The molecular weight excluding hydrogens is 784 g/mol. The van der Waals surface area contributed by atoms with Crippen molar-refractivity contribution in [1.82, 2.24) is 9.13 Å². The Morgan fingerprint density at radius 1 is 0.328 bits per heavy atom. The van der Waals surface area contributed by atoms with E-state index in [1.54, 1.807) is 11.3 Å². The molecule has 0 aliphatic carbocycles. The van der Waals surface area contributed by atoms with Crippen LogP contribution in [0.1, 0.15) is 0 Å². The molecule has 3 heterocycles. The van der Waals surface area contributed by atoms with Gasteiger partial charge in [-0.1, -0.05) is 137 Å². The maximum atomic E-state index is 7.46. The van der Waals surface area contributed by atoms with Crippen molar-refractivity contribution in [2.75, 3.05) is 0 Å². The Labute approximate surface area is 383 Å². The van der Waals surface area contributed by atoms with Crippen molar-refractivity contribution in [2.45, 2.75) is 0 Å². The van der Waals surface area contributed by atoms with E-state index in [0.29, 0.717) is 43.8 Å². The summed E-state index contributed by atoms with van der Waals surface area (Å²) in [5, 5.41) is 5.50. The van der Waals surface area contributed by atoms with Crippen LogP contribution in [0.25, 0.3) is 109 Å². The van der Waals surface area contributed by atoms with Gasteiger partial charge < -0.3 is 9.13 Å². The molecule has 0 aliphatic rings. The number of benzene rings is 9. The van der Waals surface area contributed by atoms with E-state index < -0.39 is 0 Å². The lowest BCUT2D eigenvalue weighted by Crippen LogP contribution is -2.48. The Morgan fingerprint density at radius 2 is 0.953 bits per heavy atom. The van der Waals surface area contributed by atoms with Gasteiger partial charge in [-0.2, -0.15) is 0 Å². The molecule has 9 aromatic carbocycles. The summed E-state index contributed by atoms with van der Waals surface area (Å²) >= 11 is 1.74. The summed E-state index contributed by atoms with van der Waals surface area (Å²) in [6.45, 7) is 0. The molecule has 10 heteroatoms. The van der Waals surface area contributed by atoms with Gasteiger partial charge in [0.1, 0.15) is 54.9 Å². The summed E-state index contributed by atoms with van der Waals surface area (Å²) in [7, 11) is 49.1. The number of nitrogens with zero attached hydrogens (tertiary/aromatic N) is 2. The molecule has 0 aliphatic heterocycles. The van der Waals surface area contributed by atoms with Crippen molar-refractivity contribution in [3.63, 3.8) is 0 Å². The molecular formula is C54H27B7N2S. The molecule has 0 spiro atoms. The van der Waals surface area contributed by atoms with Crippen molar-refractivity contribution >= 4 is 168 Å². The third-order valence-corrected chi connectivity index (χ3v) is 14.1. The number of thiophene rings is 1. The summed E-state index contributed by atoms with van der Waals surface area (Å²) in [5.41, 5.74) is 12.8. The van der Waals surface area contributed by atoms with E-state index in [4.69, 9.17) is 54.9 Å². The van der Waals surface area contributed by atoms with Gasteiger partial charge in [-0.15, -0.1) is 22.3 Å². The van der Waals surface area contributed by atoms with Gasteiger partial charge in [0.15, 0.2) is 0 Å². The SMILES string of the molecule is [B]c1c([B])c([B])c2c(c1[B])c1c([B])c(-c3ccc4c(c3)c3c(-c5ccccc5)cccc3n4-c3cccc(-c4ccccc4)c3)c([B])c([B])c1n2-c1ccc2sc3ccccc3c2c1. The van der Waals surface area contributed by atoms with E-state index in [2.05, 4.69) is 144 Å². The van der Waals surface area contributed by atoms with E-state index >= 15 is 0 Å². The van der Waals surface area contributed by atoms with Crippen molar-refractivity contribution in [2.24, 2.45) is 0 Å². The van der Waals surface area contributed by atoms with Crippen molar-refractivity contribution < 1.29 is 0 Å². The summed E-state index contributed by atoms with van der Waals surface area (Å²) in [4.78, 5) is 0. The van der Waals surface area contributed by atoms with Crippen LogP contribution in [-0.2, 0) is 0 Å². The topological polar surface area (TPSA) is 9.86 Å². The number of aromatic nitrogens is 2. The predicted octanol–water partition coefficient (Wildman–Crippen LogP) is 6.81. The van der Waals surface area contributed by atoms with Gasteiger partial charge in [-0.3, -0.25) is 0 Å². The Bertz CT molecular complexity index is 3930. The molecule has 280 valence electrons. The van der Waals surface area contributed by atoms with E-state index in [0.717, 1.165) is 76.5 Å². The molecule has 12 aromatic rings. The second-order valence-corrected chi connectivity index (χ2v) is 17.5. The molecule has 3 aromatic heterocycles. The maximum absolute atomic E-state index is 7.46. The van der Waals surface area contributed by atoms with Crippen molar-refractivity contribution in [1.29, 1.82) is 0 Å². The lowest BCUT2D eigenvalue weighted by molar-refractivity contribution is 1.18. The number of hydrogen-bond acceptors (Lipinski definition) is 1. The van der Waals surface area contributed by atoms with Gasteiger partial charge in [0.05, 0.1) is 11.0 Å². The molecule has 2 nitrogen and oxygen atoms in total. The first-order valence-electron chi connectivity index (χ1n) is 21.0. The van der Waals surface area contributed by atoms with Crippen LogP contribution in [0.15, 0.2) is 164 Å². The van der Waals surface area contributed by atoms with Crippen LogP contribution in [0, 0.1) is 0 Å². The standard InChI is InChI=1S/C54H27B7N2S/c55-46-42(47(56)51(60)53-44(46)45-48(57)49(58)50(59)52(61)54(45)63(53)33-22-24-41-36(27-33)35-17-7-8-20-40(35)64-41)31-21-23-38-37(26-31)43-34(29-13-5-2-6-14-29)18-10-19-39(43)62(38)32-16-9-15-30(25-32)28-11-3-1-4-12-28/h1-27H. The molecule has 0 amide bonds. The molecule has 64 heavy (non-hydrogen) atoms. The summed E-state index contributed by atoms with van der Waals surface area (Å²) in [6, 6.07) is 57.0. The van der Waals surface area contributed by atoms with Gasteiger partial charge in [-0.25, -0.2) is 0 Å². The Balaban J connectivity index is 1.16. The Hall–Kier alpha value is -6.75. The van der Waals surface area contributed by atoms with Crippen molar-refractivity contribution in [3.8, 4) is 44.8 Å². The van der Waals surface area contributed by atoms with E-state index in [-0.39, 0.29) is 21.9 Å². The highest BCUT2D eigenvalue weighted by Gasteiger charge is 2.25. The molecule has 0 unspecified atom stereocenters. The summed E-state index contributed by atoms with van der Waals surface area (Å²) in [5.74, 6) is 0. The summed E-state index contributed by atoms with van der Waals surface area (Å²) < 4.78 is 6.64. The summed E-state index contributed by atoms with van der Waals surface area (Å²) in [6.07, 6.45) is 0. The fourth-order valence-corrected chi connectivity index (χ4v) is 11.0. The zero-order valence-corrected chi connectivity index (χ0v) is 35.2. The fraction of sp³-hybridized carbons (Fsp3) is 0. The van der Waals surface area contributed by atoms with Gasteiger partial charge in [0.25, 0.3) is 0 Å². The minimum absolute atomic E-state index is 0.179. The van der Waals surface area contributed by atoms with Crippen LogP contribution in [0.5, 0.6) is 0 Å². The van der Waals surface area contributed by atoms with E-state index in [9.17, 15) is 0 Å². The number of rotatable bonds is 5. The Kier molecular flexibility index (Phi) is 8.91. The third-order valence-electron chi connectivity index (χ3n) is 12.9. The van der Waals surface area contributed by atoms with E-state index in [1.165, 1.54) is 4.70 Å². The van der Waals surface area contributed by atoms with E-state index in [1.807, 2.05) is 28.8 Å². The van der Waals surface area contributed by atoms with Crippen LogP contribution in [0.3, 0.4) is 0 Å². The quantitative estimate of drug-likeness (QED) is 0.169. The lowest BCUT2D eigenvalue weighted by Gasteiger charge is -2.19.